The molecule has 0 saturated carbocycles. The monoisotopic (exact) mass is 500 g/mol. The van der Waals surface area contributed by atoms with E-state index in [0.717, 1.165) is 51.3 Å². The molecule has 0 aliphatic carbocycles. The Morgan fingerprint density at radius 1 is 1.00 bits per heavy atom. The van der Waals surface area contributed by atoms with E-state index in [2.05, 4.69) is 29.6 Å². The number of imide groups is 1. The van der Waals surface area contributed by atoms with Gasteiger partial charge in [-0.2, -0.15) is 5.10 Å². The second-order valence-corrected chi connectivity index (χ2v) is 11.0. The summed E-state index contributed by atoms with van der Waals surface area (Å²) in [5.74, 6) is 0.266. The van der Waals surface area contributed by atoms with Crippen LogP contribution in [-0.4, -0.2) is 92.6 Å². The minimum Gasteiger partial charge on any atom is -0.343 e. The number of carbonyl (C=O) groups is 4. The molecule has 11 nitrogen and oxygen atoms in total. The quantitative estimate of drug-likeness (QED) is 0.567. The van der Waals surface area contributed by atoms with Crippen LogP contribution in [0.15, 0.2) is 6.20 Å². The Hall–Kier alpha value is -2.95. The van der Waals surface area contributed by atoms with Gasteiger partial charge in [0.2, 0.25) is 5.91 Å². The maximum atomic E-state index is 12.6. The highest BCUT2D eigenvalue weighted by Crippen LogP contribution is 2.35. The lowest BCUT2D eigenvalue weighted by Gasteiger charge is -2.31. The number of likely N-dealkylation sites (tertiary alicyclic amines) is 3. The molecule has 4 aliphatic heterocycles. The topological polar surface area (TPSA) is 108 Å². The molecule has 5 heterocycles. The van der Waals surface area contributed by atoms with E-state index in [9.17, 15) is 19.2 Å². The summed E-state index contributed by atoms with van der Waals surface area (Å²) >= 11 is 0. The SMILES string of the molecule is CC(=O)N1CCC(c2nn(C(C)C)cc2CN2CC3CN(C(=O)ON4C(=O)CCC4=O)CC3C2)CC1. The minimum atomic E-state index is -0.614. The van der Waals surface area contributed by atoms with Crippen LogP contribution in [0.2, 0.25) is 0 Å². The first-order chi connectivity index (χ1) is 17.2. The van der Waals surface area contributed by atoms with Gasteiger partial charge in [0.25, 0.3) is 11.8 Å². The average molecular weight is 501 g/mol. The van der Waals surface area contributed by atoms with Gasteiger partial charge in [0.05, 0.1) is 5.69 Å². The van der Waals surface area contributed by atoms with E-state index in [1.165, 1.54) is 5.56 Å². The van der Waals surface area contributed by atoms with Crippen molar-refractivity contribution in [2.75, 3.05) is 39.3 Å². The van der Waals surface area contributed by atoms with Crippen LogP contribution in [0.5, 0.6) is 0 Å². The molecule has 4 fully saturated rings. The number of piperidine rings is 1. The standard InChI is InChI=1S/C25H36N6O5/c1-16(2)30-15-21(24(26-30)18-6-8-28(9-7-18)17(3)32)12-27-10-19-13-29(14-20(19)11-27)25(35)36-31-22(33)4-5-23(31)34/h15-16,18-20H,4-14H2,1-3H3. The number of aromatic nitrogens is 2. The number of amides is 4. The molecule has 0 aromatic carbocycles. The average Bonchev–Trinajstić information content (AvgIpc) is 3.59. The molecule has 2 unspecified atom stereocenters. The van der Waals surface area contributed by atoms with Gasteiger partial charge in [0.15, 0.2) is 0 Å². The smallest absolute Gasteiger partial charge is 0.343 e. The van der Waals surface area contributed by atoms with Crippen molar-refractivity contribution in [2.24, 2.45) is 11.8 Å². The number of rotatable bonds is 5. The highest BCUT2D eigenvalue weighted by molar-refractivity contribution is 6.01. The Kier molecular flexibility index (Phi) is 6.76. The third-order valence-corrected chi connectivity index (χ3v) is 8.09. The van der Waals surface area contributed by atoms with Gasteiger partial charge < -0.3 is 14.6 Å². The lowest BCUT2D eigenvalue weighted by molar-refractivity contribution is -0.173. The Morgan fingerprint density at radius 3 is 2.17 bits per heavy atom. The predicted molar refractivity (Wildman–Crippen MR) is 128 cm³/mol. The number of hydrogen-bond donors (Lipinski definition) is 0. The Bertz CT molecular complexity index is 1020. The van der Waals surface area contributed by atoms with Gasteiger partial charge in [-0.05, 0) is 38.5 Å². The highest BCUT2D eigenvalue weighted by atomic mass is 16.7. The van der Waals surface area contributed by atoms with Crippen LogP contribution in [0.1, 0.15) is 69.7 Å². The Morgan fingerprint density at radius 2 is 1.61 bits per heavy atom. The molecule has 1 aromatic heterocycles. The second kappa shape index (κ2) is 9.84. The molecule has 36 heavy (non-hydrogen) atoms. The number of carbonyl (C=O) groups excluding carboxylic acids is 4. The zero-order valence-corrected chi connectivity index (χ0v) is 21.4. The molecule has 0 radical (unpaired) electrons. The van der Waals surface area contributed by atoms with Crippen molar-refractivity contribution in [1.29, 1.82) is 0 Å². The van der Waals surface area contributed by atoms with Crippen LogP contribution in [0.3, 0.4) is 0 Å². The number of hydrogen-bond acceptors (Lipinski definition) is 7. The van der Waals surface area contributed by atoms with Crippen molar-refractivity contribution in [2.45, 2.75) is 65.0 Å². The summed E-state index contributed by atoms with van der Waals surface area (Å²) < 4.78 is 2.05. The maximum absolute atomic E-state index is 12.6. The molecule has 4 saturated heterocycles. The lowest BCUT2D eigenvalue weighted by Crippen LogP contribution is -2.40. The number of nitrogens with zero attached hydrogens (tertiary/aromatic N) is 6. The number of hydroxylamine groups is 2. The highest BCUT2D eigenvalue weighted by Gasteiger charge is 2.44. The van der Waals surface area contributed by atoms with E-state index in [-0.39, 0.29) is 24.8 Å². The summed E-state index contributed by atoms with van der Waals surface area (Å²) in [6.07, 6.45) is 3.63. The van der Waals surface area contributed by atoms with E-state index in [1.54, 1.807) is 11.8 Å². The van der Waals surface area contributed by atoms with Crippen LogP contribution in [-0.2, 0) is 25.8 Å². The molecular formula is C25H36N6O5. The van der Waals surface area contributed by atoms with Crippen molar-refractivity contribution >= 4 is 23.8 Å². The van der Waals surface area contributed by atoms with Crippen LogP contribution in [0.25, 0.3) is 0 Å². The van der Waals surface area contributed by atoms with Crippen molar-refractivity contribution in [3.63, 3.8) is 0 Å². The molecule has 1 aromatic rings. The zero-order valence-electron chi connectivity index (χ0n) is 21.4. The van der Waals surface area contributed by atoms with Gasteiger partial charge in [-0.15, -0.1) is 5.06 Å². The van der Waals surface area contributed by atoms with Crippen molar-refractivity contribution in [3.8, 4) is 0 Å². The van der Waals surface area contributed by atoms with E-state index in [0.29, 0.717) is 35.9 Å². The number of fused-ring (bicyclic) bond motifs is 1. The van der Waals surface area contributed by atoms with E-state index < -0.39 is 17.9 Å². The van der Waals surface area contributed by atoms with Crippen LogP contribution in [0, 0.1) is 11.8 Å². The third kappa shape index (κ3) is 4.85. The van der Waals surface area contributed by atoms with E-state index >= 15 is 0 Å². The molecule has 4 aliphatic rings. The largest absolute Gasteiger partial charge is 0.434 e. The summed E-state index contributed by atoms with van der Waals surface area (Å²) in [7, 11) is 0. The first-order valence-electron chi connectivity index (χ1n) is 13.1. The summed E-state index contributed by atoms with van der Waals surface area (Å²) in [5, 5.41) is 5.59. The lowest BCUT2D eigenvalue weighted by atomic mass is 9.91. The normalized spacial score (nSPS) is 25.4. The first-order valence-corrected chi connectivity index (χ1v) is 13.1. The van der Waals surface area contributed by atoms with Gasteiger partial charge in [-0.1, -0.05) is 0 Å². The molecule has 11 heteroatoms. The van der Waals surface area contributed by atoms with Crippen LogP contribution in [0.4, 0.5) is 4.79 Å². The summed E-state index contributed by atoms with van der Waals surface area (Å²) in [6, 6.07) is 0.279. The van der Waals surface area contributed by atoms with Crippen molar-refractivity contribution in [3.05, 3.63) is 17.5 Å². The van der Waals surface area contributed by atoms with Gasteiger partial charge in [0, 0.05) is 89.3 Å². The maximum Gasteiger partial charge on any atom is 0.434 e. The third-order valence-electron chi connectivity index (χ3n) is 8.09. The molecule has 0 N–H and O–H groups in total. The fourth-order valence-corrected chi connectivity index (χ4v) is 6.04. The Balaban J connectivity index is 1.19. The van der Waals surface area contributed by atoms with Gasteiger partial charge in [0.1, 0.15) is 0 Å². The molecular weight excluding hydrogens is 464 g/mol. The molecule has 196 valence electrons. The fourth-order valence-electron chi connectivity index (χ4n) is 6.04. The van der Waals surface area contributed by atoms with Gasteiger partial charge in [-0.25, -0.2) is 4.79 Å². The summed E-state index contributed by atoms with van der Waals surface area (Å²) in [6.45, 7) is 11.2. The van der Waals surface area contributed by atoms with Crippen molar-refractivity contribution in [1.82, 2.24) is 29.5 Å². The Labute approximate surface area is 211 Å². The molecule has 5 rings (SSSR count). The van der Waals surface area contributed by atoms with Crippen molar-refractivity contribution < 1.29 is 24.0 Å². The minimum absolute atomic E-state index is 0.0948. The molecule has 0 bridgehead atoms. The van der Waals surface area contributed by atoms with Gasteiger partial charge >= 0.3 is 6.09 Å². The van der Waals surface area contributed by atoms with Crippen LogP contribution >= 0.6 is 0 Å². The molecule has 2 atom stereocenters. The van der Waals surface area contributed by atoms with E-state index in [1.807, 2.05) is 4.90 Å². The zero-order chi connectivity index (χ0) is 25.6. The first kappa shape index (κ1) is 24.7. The van der Waals surface area contributed by atoms with Crippen LogP contribution < -0.4 is 0 Å². The van der Waals surface area contributed by atoms with E-state index in [4.69, 9.17) is 9.94 Å². The predicted octanol–water partition coefficient (Wildman–Crippen LogP) is 1.75. The molecule has 4 amide bonds. The fraction of sp³-hybridized carbons (Fsp3) is 0.720. The van der Waals surface area contributed by atoms with Gasteiger partial charge in [-0.3, -0.25) is 24.0 Å². The molecule has 0 spiro atoms. The summed E-state index contributed by atoms with van der Waals surface area (Å²) in [5.41, 5.74) is 2.42. The summed E-state index contributed by atoms with van der Waals surface area (Å²) in [4.78, 5) is 58.9. The second-order valence-electron chi connectivity index (χ2n) is 11.0.